The van der Waals surface area contributed by atoms with E-state index in [0.29, 0.717) is 12.5 Å². The molecule has 0 amide bonds. The Bertz CT molecular complexity index is 567. The number of nitriles is 1. The number of rotatable bonds is 9. The predicted molar refractivity (Wildman–Crippen MR) is 93.4 cm³/mol. The van der Waals surface area contributed by atoms with Gasteiger partial charge in [0, 0.05) is 0 Å². The lowest BCUT2D eigenvalue weighted by atomic mass is 10.0. The van der Waals surface area contributed by atoms with Crippen molar-refractivity contribution in [1.29, 1.82) is 5.26 Å². The highest BCUT2D eigenvalue weighted by molar-refractivity contribution is 5.93. The third-order valence-electron chi connectivity index (χ3n) is 3.68. The monoisotopic (exact) mass is 311 g/mol. The van der Waals surface area contributed by atoms with Crippen molar-refractivity contribution in [3.63, 3.8) is 0 Å². The molecule has 0 aliphatic rings. The van der Waals surface area contributed by atoms with Crippen LogP contribution in [0.2, 0.25) is 0 Å². The van der Waals surface area contributed by atoms with Gasteiger partial charge in [-0.2, -0.15) is 5.26 Å². The van der Waals surface area contributed by atoms with E-state index in [0.717, 1.165) is 31.2 Å². The molecule has 0 bridgehead atoms. The van der Waals surface area contributed by atoms with Crippen LogP contribution in [0.3, 0.4) is 0 Å². The van der Waals surface area contributed by atoms with Gasteiger partial charge in [-0.25, -0.2) is 4.79 Å². The van der Waals surface area contributed by atoms with Crippen molar-refractivity contribution in [2.75, 3.05) is 6.61 Å². The fourth-order valence-corrected chi connectivity index (χ4v) is 2.14. The second-order valence-electron chi connectivity index (χ2n) is 5.48. The summed E-state index contributed by atoms with van der Waals surface area (Å²) in [6.07, 6.45) is 9.36. The topological polar surface area (TPSA) is 50.1 Å². The van der Waals surface area contributed by atoms with E-state index in [1.807, 2.05) is 42.5 Å². The van der Waals surface area contributed by atoms with Gasteiger partial charge in [0.25, 0.3) is 0 Å². The Kier molecular flexibility index (Phi) is 9.16. The van der Waals surface area contributed by atoms with Crippen molar-refractivity contribution in [2.24, 2.45) is 5.92 Å². The van der Waals surface area contributed by atoms with E-state index < -0.39 is 5.97 Å². The first-order chi connectivity index (χ1) is 11.2. The summed E-state index contributed by atoms with van der Waals surface area (Å²) in [4.78, 5) is 12.0. The molecule has 0 aliphatic carbocycles. The van der Waals surface area contributed by atoms with Gasteiger partial charge in [-0.3, -0.25) is 0 Å². The lowest BCUT2D eigenvalue weighted by Crippen LogP contribution is -2.14. The maximum Gasteiger partial charge on any atom is 0.348 e. The van der Waals surface area contributed by atoms with Crippen LogP contribution in [0.15, 0.2) is 48.1 Å². The summed E-state index contributed by atoms with van der Waals surface area (Å²) in [5, 5.41) is 9.10. The van der Waals surface area contributed by atoms with E-state index in [1.54, 1.807) is 6.08 Å². The van der Waals surface area contributed by atoms with Gasteiger partial charge >= 0.3 is 5.97 Å². The first kappa shape index (κ1) is 18.7. The SMILES string of the molecule is CCCC[C@H](CC)COC(=O)/C(C#N)=C/C=C/c1ccccc1. The minimum atomic E-state index is -0.542. The van der Waals surface area contributed by atoms with E-state index in [9.17, 15) is 4.79 Å². The Balaban J connectivity index is 2.56. The number of hydrogen-bond donors (Lipinski definition) is 0. The number of unbranched alkanes of at least 4 members (excludes halogenated alkanes) is 1. The molecule has 0 fully saturated rings. The summed E-state index contributed by atoms with van der Waals surface area (Å²) in [6, 6.07) is 11.6. The molecule has 0 radical (unpaired) electrons. The van der Waals surface area contributed by atoms with Crippen molar-refractivity contribution in [3.05, 3.63) is 53.6 Å². The average Bonchev–Trinajstić information content (AvgIpc) is 2.59. The zero-order chi connectivity index (χ0) is 16.9. The van der Waals surface area contributed by atoms with Crippen LogP contribution in [-0.2, 0) is 9.53 Å². The van der Waals surface area contributed by atoms with Crippen molar-refractivity contribution >= 4 is 12.0 Å². The number of esters is 1. The molecule has 0 aliphatic heterocycles. The van der Waals surface area contributed by atoms with E-state index in [2.05, 4.69) is 13.8 Å². The molecule has 3 nitrogen and oxygen atoms in total. The molecule has 3 heteroatoms. The maximum atomic E-state index is 12.0. The Morgan fingerprint density at radius 3 is 2.65 bits per heavy atom. The number of carbonyl (C=O) groups excluding carboxylic acids is 1. The summed E-state index contributed by atoms with van der Waals surface area (Å²) in [5.74, 6) is -0.168. The zero-order valence-electron chi connectivity index (χ0n) is 14.0. The zero-order valence-corrected chi connectivity index (χ0v) is 14.0. The highest BCUT2D eigenvalue weighted by Gasteiger charge is 2.13. The number of allylic oxidation sites excluding steroid dienone is 2. The first-order valence-electron chi connectivity index (χ1n) is 8.21. The van der Waals surface area contributed by atoms with Crippen LogP contribution in [0, 0.1) is 17.2 Å². The van der Waals surface area contributed by atoms with Crippen LogP contribution >= 0.6 is 0 Å². The number of nitrogens with zero attached hydrogens (tertiary/aromatic N) is 1. The second-order valence-corrected chi connectivity index (χ2v) is 5.48. The summed E-state index contributed by atoms with van der Waals surface area (Å²) in [7, 11) is 0. The Morgan fingerprint density at radius 2 is 2.04 bits per heavy atom. The molecular formula is C20H25NO2. The molecule has 0 saturated heterocycles. The normalized spacial score (nSPS) is 12.8. The van der Waals surface area contributed by atoms with Crippen molar-refractivity contribution in [2.45, 2.75) is 39.5 Å². The van der Waals surface area contributed by atoms with Crippen LogP contribution in [0.1, 0.15) is 45.1 Å². The molecule has 1 aromatic rings. The van der Waals surface area contributed by atoms with Gasteiger partial charge in [-0.05, 0) is 24.0 Å². The number of hydrogen-bond acceptors (Lipinski definition) is 3. The van der Waals surface area contributed by atoms with Gasteiger partial charge in [-0.15, -0.1) is 0 Å². The van der Waals surface area contributed by atoms with Gasteiger partial charge in [-0.1, -0.05) is 75.6 Å². The van der Waals surface area contributed by atoms with E-state index in [1.165, 1.54) is 6.08 Å². The molecule has 0 spiro atoms. The third kappa shape index (κ3) is 7.46. The fourth-order valence-electron chi connectivity index (χ4n) is 2.14. The van der Waals surface area contributed by atoms with Gasteiger partial charge in [0.2, 0.25) is 0 Å². The van der Waals surface area contributed by atoms with Crippen LogP contribution in [-0.4, -0.2) is 12.6 Å². The van der Waals surface area contributed by atoms with Crippen LogP contribution in [0.25, 0.3) is 6.08 Å². The summed E-state index contributed by atoms with van der Waals surface area (Å²) < 4.78 is 5.28. The molecule has 1 aromatic carbocycles. The smallest absolute Gasteiger partial charge is 0.348 e. The molecule has 122 valence electrons. The Labute approximate surface area is 139 Å². The molecule has 23 heavy (non-hydrogen) atoms. The second kappa shape index (κ2) is 11.3. The third-order valence-corrected chi connectivity index (χ3v) is 3.68. The Morgan fingerprint density at radius 1 is 1.30 bits per heavy atom. The molecule has 0 N–H and O–H groups in total. The molecule has 0 saturated carbocycles. The summed E-state index contributed by atoms with van der Waals surface area (Å²) >= 11 is 0. The molecule has 1 atom stereocenters. The number of carbonyl (C=O) groups is 1. The van der Waals surface area contributed by atoms with Crippen LogP contribution < -0.4 is 0 Å². The van der Waals surface area contributed by atoms with Gasteiger partial charge in [0.1, 0.15) is 11.6 Å². The standard InChI is InChI=1S/C20H25NO2/c1-3-5-10-17(4-2)16-23-20(22)19(15-21)14-9-13-18-11-7-6-8-12-18/h6-9,11-14,17H,3-5,10,16H2,1-2H3/b13-9+,19-14+/t17-/m0/s1. The lowest BCUT2D eigenvalue weighted by molar-refractivity contribution is -0.140. The van der Waals surface area contributed by atoms with Gasteiger partial charge < -0.3 is 4.74 Å². The highest BCUT2D eigenvalue weighted by atomic mass is 16.5. The minimum Gasteiger partial charge on any atom is -0.461 e. The largest absolute Gasteiger partial charge is 0.461 e. The van der Waals surface area contributed by atoms with E-state index in [4.69, 9.17) is 10.00 Å². The molecule has 0 aromatic heterocycles. The van der Waals surface area contributed by atoms with Gasteiger partial charge in [0.15, 0.2) is 0 Å². The maximum absolute atomic E-state index is 12.0. The Hall–Kier alpha value is -2.34. The average molecular weight is 311 g/mol. The van der Waals surface area contributed by atoms with Crippen LogP contribution in [0.5, 0.6) is 0 Å². The molecule has 0 unspecified atom stereocenters. The van der Waals surface area contributed by atoms with E-state index in [-0.39, 0.29) is 5.57 Å². The summed E-state index contributed by atoms with van der Waals surface area (Å²) in [6.45, 7) is 4.63. The van der Waals surface area contributed by atoms with E-state index >= 15 is 0 Å². The number of benzene rings is 1. The quantitative estimate of drug-likeness (QED) is 0.282. The highest BCUT2D eigenvalue weighted by Crippen LogP contribution is 2.13. The molecular weight excluding hydrogens is 286 g/mol. The molecule has 0 heterocycles. The first-order valence-corrected chi connectivity index (χ1v) is 8.21. The van der Waals surface area contributed by atoms with Crippen molar-refractivity contribution in [3.8, 4) is 6.07 Å². The summed E-state index contributed by atoms with van der Waals surface area (Å²) in [5.41, 5.74) is 1.04. The van der Waals surface area contributed by atoms with Crippen molar-refractivity contribution < 1.29 is 9.53 Å². The predicted octanol–water partition coefficient (Wildman–Crippen LogP) is 4.91. The molecule has 1 rings (SSSR count). The number of ether oxygens (including phenoxy) is 1. The van der Waals surface area contributed by atoms with Crippen molar-refractivity contribution in [1.82, 2.24) is 0 Å². The van der Waals surface area contributed by atoms with Gasteiger partial charge in [0.05, 0.1) is 6.61 Å². The minimum absolute atomic E-state index is 0.0301. The van der Waals surface area contributed by atoms with Crippen LogP contribution in [0.4, 0.5) is 0 Å². The fraction of sp³-hybridized carbons (Fsp3) is 0.400. The lowest BCUT2D eigenvalue weighted by Gasteiger charge is -2.14.